The Bertz CT molecular complexity index is 1020. The topological polar surface area (TPSA) is 94.8 Å². The predicted molar refractivity (Wildman–Crippen MR) is 109 cm³/mol. The lowest BCUT2D eigenvalue weighted by Crippen LogP contribution is -2.34. The van der Waals surface area contributed by atoms with Crippen molar-refractivity contribution in [2.75, 3.05) is 0 Å². The van der Waals surface area contributed by atoms with Crippen LogP contribution < -0.4 is 17.0 Å². The van der Waals surface area contributed by atoms with Crippen molar-refractivity contribution in [3.05, 3.63) is 77.5 Å². The van der Waals surface area contributed by atoms with Gasteiger partial charge in [-0.15, -0.1) is 0 Å². The van der Waals surface area contributed by atoms with Crippen LogP contribution in [0.5, 0.6) is 0 Å². The van der Waals surface area contributed by atoms with Gasteiger partial charge in [0.2, 0.25) is 0 Å². The molecule has 0 fully saturated rings. The zero-order chi connectivity index (χ0) is 21.7. The van der Waals surface area contributed by atoms with E-state index in [-0.39, 0.29) is 5.56 Å². The van der Waals surface area contributed by atoms with Crippen LogP contribution in [-0.4, -0.2) is 20.7 Å². The van der Waals surface area contributed by atoms with Gasteiger partial charge in [0, 0.05) is 24.5 Å². The number of imidazole rings is 1. The van der Waals surface area contributed by atoms with Gasteiger partial charge in [-0.05, 0) is 36.1 Å². The molecule has 2 aromatic heterocycles. The highest BCUT2D eigenvalue weighted by atomic mass is 19.4. The number of aromatic nitrogens is 3. The molecule has 0 aliphatic carbocycles. The van der Waals surface area contributed by atoms with E-state index in [1.165, 1.54) is 29.5 Å². The average molecular weight is 416 g/mol. The van der Waals surface area contributed by atoms with Crippen molar-refractivity contribution >= 4 is 5.70 Å². The molecule has 0 bridgehead atoms. The summed E-state index contributed by atoms with van der Waals surface area (Å²) in [5.41, 5.74) is 9.22. The highest BCUT2D eigenvalue weighted by Gasteiger charge is 2.36. The highest BCUT2D eigenvalue weighted by Crippen LogP contribution is 2.28. The Hall–Kier alpha value is -3.33. The summed E-state index contributed by atoms with van der Waals surface area (Å²) in [4.78, 5) is 8.52. The molecule has 0 saturated carbocycles. The number of aryl methyl sites for hydroxylation is 3. The molecule has 158 valence electrons. The van der Waals surface area contributed by atoms with Gasteiger partial charge < -0.3 is 15.7 Å². The van der Waals surface area contributed by atoms with Crippen LogP contribution in [-0.2, 0) is 19.4 Å². The summed E-state index contributed by atoms with van der Waals surface area (Å²) in [5, 5.41) is 0. The Balaban J connectivity index is 1.77. The van der Waals surface area contributed by atoms with Crippen molar-refractivity contribution in [3.8, 4) is 11.4 Å². The quantitative estimate of drug-likeness (QED) is 0.405. The molecule has 0 spiro atoms. The largest absolute Gasteiger partial charge is 0.434 e. The van der Waals surface area contributed by atoms with Crippen LogP contribution in [0.3, 0.4) is 0 Å². The van der Waals surface area contributed by atoms with Crippen molar-refractivity contribution in [2.45, 2.75) is 32.5 Å². The van der Waals surface area contributed by atoms with E-state index < -0.39 is 17.6 Å². The Kier molecular flexibility index (Phi) is 6.41. The molecule has 0 radical (unpaired) electrons. The molecule has 3 rings (SSSR count). The molecule has 1 aromatic carbocycles. The highest BCUT2D eigenvalue weighted by molar-refractivity contribution is 5.69. The SMILES string of the molecule is CCc1ccc(CCn2cnc(-c3cc(/C(N)=C(/NN)C(F)(F)F)ccn3)c2)cc1. The number of allylic oxidation sites excluding steroid dienone is 1. The summed E-state index contributed by atoms with van der Waals surface area (Å²) in [5.74, 6) is 5.01. The van der Waals surface area contributed by atoms with Gasteiger partial charge in [0.15, 0.2) is 5.70 Å². The van der Waals surface area contributed by atoms with E-state index in [4.69, 9.17) is 11.6 Å². The zero-order valence-electron chi connectivity index (χ0n) is 16.4. The lowest BCUT2D eigenvalue weighted by Gasteiger charge is -2.14. The van der Waals surface area contributed by atoms with Gasteiger partial charge in [-0.1, -0.05) is 31.2 Å². The van der Waals surface area contributed by atoms with Crippen LogP contribution in [0.25, 0.3) is 17.1 Å². The minimum Gasteiger partial charge on any atom is -0.397 e. The summed E-state index contributed by atoms with van der Waals surface area (Å²) in [6, 6.07) is 11.3. The molecule has 30 heavy (non-hydrogen) atoms. The predicted octanol–water partition coefficient (Wildman–Crippen LogP) is 3.40. The average Bonchev–Trinajstić information content (AvgIpc) is 3.21. The first-order chi connectivity index (χ1) is 14.3. The second-order valence-corrected chi connectivity index (χ2v) is 6.78. The van der Waals surface area contributed by atoms with Gasteiger partial charge in [-0.25, -0.2) is 4.98 Å². The molecular formula is C21H23F3N6. The maximum atomic E-state index is 13.0. The van der Waals surface area contributed by atoms with Gasteiger partial charge in [0.05, 0.1) is 17.7 Å². The number of alkyl halides is 3. The van der Waals surface area contributed by atoms with Gasteiger partial charge in [-0.2, -0.15) is 13.2 Å². The third-order valence-corrected chi connectivity index (χ3v) is 4.75. The molecule has 0 aliphatic heterocycles. The van der Waals surface area contributed by atoms with Gasteiger partial charge in [0.25, 0.3) is 0 Å². The smallest absolute Gasteiger partial charge is 0.397 e. The number of hydrogen-bond acceptors (Lipinski definition) is 5. The molecule has 0 unspecified atom stereocenters. The number of rotatable bonds is 7. The summed E-state index contributed by atoms with van der Waals surface area (Å²) < 4.78 is 41.0. The number of halogens is 3. The number of pyridine rings is 1. The molecule has 5 N–H and O–H groups in total. The van der Waals surface area contributed by atoms with E-state index in [0.717, 1.165) is 19.4 Å². The lowest BCUT2D eigenvalue weighted by molar-refractivity contribution is -0.0961. The first-order valence-electron chi connectivity index (χ1n) is 9.41. The molecule has 0 atom stereocenters. The summed E-state index contributed by atoms with van der Waals surface area (Å²) in [6.45, 7) is 2.83. The third kappa shape index (κ3) is 4.98. The molecule has 0 saturated heterocycles. The van der Waals surface area contributed by atoms with Crippen LogP contribution in [0.15, 0.2) is 60.8 Å². The van der Waals surface area contributed by atoms with Crippen LogP contribution >= 0.6 is 0 Å². The molecule has 6 nitrogen and oxygen atoms in total. The van der Waals surface area contributed by atoms with Crippen molar-refractivity contribution in [2.24, 2.45) is 11.6 Å². The number of hydrogen-bond donors (Lipinski definition) is 3. The summed E-state index contributed by atoms with van der Waals surface area (Å²) in [6.07, 6.45) is 2.00. The Morgan fingerprint density at radius 1 is 1.07 bits per heavy atom. The van der Waals surface area contributed by atoms with Crippen molar-refractivity contribution in [1.82, 2.24) is 20.0 Å². The summed E-state index contributed by atoms with van der Waals surface area (Å²) in [7, 11) is 0. The minimum absolute atomic E-state index is 0.149. The Morgan fingerprint density at radius 3 is 2.40 bits per heavy atom. The monoisotopic (exact) mass is 416 g/mol. The zero-order valence-corrected chi connectivity index (χ0v) is 16.4. The van der Waals surface area contributed by atoms with Crippen molar-refractivity contribution in [3.63, 3.8) is 0 Å². The van der Waals surface area contributed by atoms with Gasteiger partial charge in [-0.3, -0.25) is 10.8 Å². The van der Waals surface area contributed by atoms with Crippen molar-refractivity contribution in [1.29, 1.82) is 0 Å². The first-order valence-corrected chi connectivity index (χ1v) is 9.41. The number of benzene rings is 1. The van der Waals surface area contributed by atoms with Gasteiger partial charge in [0.1, 0.15) is 5.69 Å². The van der Waals surface area contributed by atoms with E-state index in [0.29, 0.717) is 11.4 Å². The molecule has 3 aromatic rings. The fraction of sp³-hybridized carbons (Fsp3) is 0.238. The van der Waals surface area contributed by atoms with Crippen LogP contribution in [0.1, 0.15) is 23.6 Å². The summed E-state index contributed by atoms with van der Waals surface area (Å²) >= 11 is 0. The Morgan fingerprint density at radius 2 is 1.77 bits per heavy atom. The van der Waals surface area contributed by atoms with E-state index in [2.05, 4.69) is 41.2 Å². The lowest BCUT2D eigenvalue weighted by atomic mass is 10.1. The first kappa shape index (κ1) is 21.4. The molecule has 0 aliphatic rings. The van der Waals surface area contributed by atoms with Crippen LogP contribution in [0.2, 0.25) is 0 Å². The number of nitrogens with one attached hydrogen (secondary N) is 1. The molecule has 2 heterocycles. The fourth-order valence-corrected chi connectivity index (χ4v) is 3.01. The van der Waals surface area contributed by atoms with E-state index in [1.54, 1.807) is 17.9 Å². The molecule has 9 heteroatoms. The molecule has 0 amide bonds. The maximum absolute atomic E-state index is 13.0. The van der Waals surface area contributed by atoms with E-state index in [1.807, 2.05) is 4.57 Å². The van der Waals surface area contributed by atoms with Crippen LogP contribution in [0.4, 0.5) is 13.2 Å². The minimum atomic E-state index is -4.70. The van der Waals surface area contributed by atoms with Crippen molar-refractivity contribution < 1.29 is 13.2 Å². The van der Waals surface area contributed by atoms with E-state index >= 15 is 0 Å². The standard InChI is InChI=1S/C21H23F3N6/c1-2-14-3-5-15(6-4-14)8-10-30-12-18(28-13-30)17-11-16(7-9-27-17)19(25)20(29-26)21(22,23)24/h3-7,9,11-13,29H,2,8,10,25-26H2,1H3/b20-19-. The number of nitrogens with zero attached hydrogens (tertiary/aromatic N) is 3. The normalized spacial score (nSPS) is 12.6. The third-order valence-electron chi connectivity index (χ3n) is 4.75. The second kappa shape index (κ2) is 9.00. The van der Waals surface area contributed by atoms with Crippen LogP contribution in [0, 0.1) is 0 Å². The number of hydrazine groups is 1. The second-order valence-electron chi connectivity index (χ2n) is 6.78. The number of nitrogens with two attached hydrogens (primary N) is 2. The fourth-order valence-electron chi connectivity index (χ4n) is 3.01. The molecular weight excluding hydrogens is 393 g/mol. The van der Waals surface area contributed by atoms with E-state index in [9.17, 15) is 13.2 Å². The maximum Gasteiger partial charge on any atom is 0.434 e. The Labute approximate surface area is 172 Å². The van der Waals surface area contributed by atoms with Gasteiger partial charge >= 0.3 is 6.18 Å².